The summed E-state index contributed by atoms with van der Waals surface area (Å²) in [5.41, 5.74) is 1.09. The van der Waals surface area contributed by atoms with Crippen LogP contribution < -0.4 is 14.8 Å². The lowest BCUT2D eigenvalue weighted by Crippen LogP contribution is -2.36. The van der Waals surface area contributed by atoms with Crippen molar-refractivity contribution >= 4 is 0 Å². The Morgan fingerprint density at radius 2 is 1.55 bits per heavy atom. The molecule has 0 radical (unpaired) electrons. The van der Waals surface area contributed by atoms with Gasteiger partial charge in [-0.1, -0.05) is 19.9 Å². The van der Waals surface area contributed by atoms with Gasteiger partial charge in [0.25, 0.3) is 0 Å². The number of nitrogens with one attached hydrogen (secondary N) is 1. The molecule has 0 spiro atoms. The molecule has 0 unspecified atom stereocenters. The molecule has 0 aliphatic heterocycles. The van der Waals surface area contributed by atoms with Crippen LogP contribution in [0.25, 0.3) is 0 Å². The van der Waals surface area contributed by atoms with Crippen LogP contribution >= 0.6 is 0 Å². The maximum Gasteiger partial charge on any atom is 0.216 e. The normalized spacial score (nSPS) is 12.5. The molecule has 0 fully saturated rings. The Balaban J connectivity index is 2.73. The molecule has 0 aliphatic rings. The van der Waals surface area contributed by atoms with E-state index in [1.165, 1.54) is 0 Å². The highest BCUT2D eigenvalue weighted by Gasteiger charge is 2.15. The van der Waals surface area contributed by atoms with E-state index < -0.39 is 6.41 Å². The first kappa shape index (κ1) is 18.7. The van der Waals surface area contributed by atoms with E-state index >= 15 is 0 Å². The Bertz CT molecular complexity index is 417. The van der Waals surface area contributed by atoms with Crippen LogP contribution in [0.3, 0.4) is 0 Å². The molecule has 0 amide bonds. The quantitative estimate of drug-likeness (QED) is 0.634. The number of methoxy groups -OCH3 is 2. The number of rotatable bonds is 11. The second kappa shape index (κ2) is 10.4. The van der Waals surface area contributed by atoms with Gasteiger partial charge in [-0.15, -0.1) is 0 Å². The Hall–Kier alpha value is -1.30. The Morgan fingerprint density at radius 3 is 2.05 bits per heavy atom. The van der Waals surface area contributed by atoms with Crippen molar-refractivity contribution < 1.29 is 18.9 Å². The van der Waals surface area contributed by atoms with Crippen LogP contribution in [0, 0.1) is 0 Å². The molecule has 0 aromatic heterocycles. The molecule has 0 heterocycles. The van der Waals surface area contributed by atoms with Gasteiger partial charge in [0.15, 0.2) is 11.5 Å². The molecular weight excluding hydrogens is 282 g/mol. The van der Waals surface area contributed by atoms with Crippen LogP contribution in [0.4, 0.5) is 0 Å². The van der Waals surface area contributed by atoms with E-state index in [0.717, 1.165) is 24.2 Å². The summed E-state index contributed by atoms with van der Waals surface area (Å²) in [6.07, 6.45) is 1.51. The highest BCUT2D eigenvalue weighted by atomic mass is 16.7. The van der Waals surface area contributed by atoms with E-state index in [1.807, 2.05) is 18.2 Å². The zero-order chi connectivity index (χ0) is 16.4. The largest absolute Gasteiger partial charge is 0.493 e. The summed E-state index contributed by atoms with van der Waals surface area (Å²) in [6.45, 7) is 7.56. The summed E-state index contributed by atoms with van der Waals surface area (Å²) in [5, 5.41) is 3.35. The maximum atomic E-state index is 5.70. The monoisotopic (exact) mass is 311 g/mol. The average Bonchev–Trinajstić information content (AvgIpc) is 2.56. The lowest BCUT2D eigenvalue weighted by molar-refractivity contribution is -0.165. The maximum absolute atomic E-state index is 5.70. The summed E-state index contributed by atoms with van der Waals surface area (Å²) >= 11 is 0. The standard InChI is InChI=1S/C17H29NO4/c1-6-10-21-17(22-11-7-2)18-13(3)14-8-9-15(19-4)16(12-14)20-5/h8-9,12-13,17-18H,6-7,10-11H2,1-5H3/t13-/m1/s1. The fourth-order valence-corrected chi connectivity index (χ4v) is 2.02. The van der Waals surface area contributed by atoms with Crippen LogP contribution in [0.2, 0.25) is 0 Å². The molecule has 1 aromatic carbocycles. The molecule has 1 N–H and O–H groups in total. The third-order valence-electron chi connectivity index (χ3n) is 3.24. The highest BCUT2D eigenvalue weighted by molar-refractivity contribution is 5.43. The van der Waals surface area contributed by atoms with Gasteiger partial charge in [-0.25, -0.2) is 0 Å². The molecule has 5 nitrogen and oxygen atoms in total. The molecule has 1 atom stereocenters. The van der Waals surface area contributed by atoms with Gasteiger partial charge in [0, 0.05) is 6.04 Å². The van der Waals surface area contributed by atoms with E-state index in [9.17, 15) is 0 Å². The van der Waals surface area contributed by atoms with Gasteiger partial charge in [0.05, 0.1) is 27.4 Å². The van der Waals surface area contributed by atoms with Crippen molar-refractivity contribution in [2.24, 2.45) is 0 Å². The summed E-state index contributed by atoms with van der Waals surface area (Å²) < 4.78 is 22.0. The average molecular weight is 311 g/mol. The zero-order valence-electron chi connectivity index (χ0n) is 14.3. The number of ether oxygens (including phenoxy) is 4. The van der Waals surface area contributed by atoms with Crippen LogP contribution in [-0.4, -0.2) is 33.8 Å². The lowest BCUT2D eigenvalue weighted by atomic mass is 10.1. The van der Waals surface area contributed by atoms with Crippen LogP contribution in [0.5, 0.6) is 11.5 Å². The van der Waals surface area contributed by atoms with E-state index in [0.29, 0.717) is 19.0 Å². The van der Waals surface area contributed by atoms with Crippen molar-refractivity contribution in [3.8, 4) is 11.5 Å². The molecule has 0 saturated carbocycles. The number of hydrogen-bond acceptors (Lipinski definition) is 5. The molecule has 5 heteroatoms. The minimum Gasteiger partial charge on any atom is -0.493 e. The first-order chi connectivity index (χ1) is 10.7. The Labute approximate surface area is 133 Å². The summed E-state index contributed by atoms with van der Waals surface area (Å²) in [7, 11) is 3.27. The topological polar surface area (TPSA) is 49.0 Å². The molecule has 1 rings (SSSR count). The van der Waals surface area contributed by atoms with E-state index in [1.54, 1.807) is 14.2 Å². The summed E-state index contributed by atoms with van der Waals surface area (Å²) in [6, 6.07) is 5.95. The van der Waals surface area contributed by atoms with Gasteiger partial charge in [0.1, 0.15) is 0 Å². The zero-order valence-corrected chi connectivity index (χ0v) is 14.3. The predicted octanol–water partition coefficient (Wildman–Crippen LogP) is 3.49. The van der Waals surface area contributed by atoms with Crippen LogP contribution in [0.1, 0.15) is 45.2 Å². The molecule has 0 aliphatic carbocycles. The fraction of sp³-hybridized carbons (Fsp3) is 0.647. The van der Waals surface area contributed by atoms with Crippen LogP contribution in [-0.2, 0) is 9.47 Å². The SMILES string of the molecule is CCCOC(N[C@H](C)c1ccc(OC)c(OC)c1)OCCC. The first-order valence-electron chi connectivity index (χ1n) is 7.87. The van der Waals surface area contributed by atoms with Gasteiger partial charge in [-0.05, 0) is 37.5 Å². The molecule has 126 valence electrons. The summed E-state index contributed by atoms with van der Waals surface area (Å²) in [4.78, 5) is 0. The lowest BCUT2D eigenvalue weighted by Gasteiger charge is -2.24. The summed E-state index contributed by atoms with van der Waals surface area (Å²) in [5.74, 6) is 1.44. The fourth-order valence-electron chi connectivity index (χ4n) is 2.02. The minimum absolute atomic E-state index is 0.0681. The first-order valence-corrected chi connectivity index (χ1v) is 7.87. The second-order valence-corrected chi connectivity index (χ2v) is 5.08. The Kier molecular flexibility index (Phi) is 8.89. The van der Waals surface area contributed by atoms with Crippen molar-refractivity contribution in [2.75, 3.05) is 27.4 Å². The van der Waals surface area contributed by atoms with Gasteiger partial charge in [-0.2, -0.15) is 0 Å². The molecule has 22 heavy (non-hydrogen) atoms. The van der Waals surface area contributed by atoms with Gasteiger partial charge in [-0.3, -0.25) is 5.32 Å². The van der Waals surface area contributed by atoms with Crippen molar-refractivity contribution in [1.29, 1.82) is 0 Å². The number of hydrogen-bond donors (Lipinski definition) is 1. The second-order valence-electron chi connectivity index (χ2n) is 5.08. The molecule has 0 bridgehead atoms. The molecular formula is C17H29NO4. The third-order valence-corrected chi connectivity index (χ3v) is 3.24. The van der Waals surface area contributed by atoms with Crippen LogP contribution in [0.15, 0.2) is 18.2 Å². The smallest absolute Gasteiger partial charge is 0.216 e. The minimum atomic E-state index is -0.400. The Morgan fingerprint density at radius 1 is 0.955 bits per heavy atom. The van der Waals surface area contributed by atoms with Crippen molar-refractivity contribution in [3.05, 3.63) is 23.8 Å². The molecule has 1 aromatic rings. The third kappa shape index (κ3) is 5.83. The van der Waals surface area contributed by atoms with Gasteiger partial charge < -0.3 is 18.9 Å². The van der Waals surface area contributed by atoms with Gasteiger partial charge >= 0.3 is 0 Å². The van der Waals surface area contributed by atoms with E-state index in [4.69, 9.17) is 18.9 Å². The van der Waals surface area contributed by atoms with Gasteiger partial charge in [0.2, 0.25) is 6.41 Å². The van der Waals surface area contributed by atoms with Crippen molar-refractivity contribution in [1.82, 2.24) is 5.32 Å². The van der Waals surface area contributed by atoms with E-state index in [-0.39, 0.29) is 6.04 Å². The number of benzene rings is 1. The van der Waals surface area contributed by atoms with E-state index in [2.05, 4.69) is 26.1 Å². The predicted molar refractivity (Wildman–Crippen MR) is 87.4 cm³/mol. The molecule has 0 saturated heterocycles. The van der Waals surface area contributed by atoms with Crippen molar-refractivity contribution in [2.45, 2.75) is 46.1 Å². The van der Waals surface area contributed by atoms with Crippen molar-refractivity contribution in [3.63, 3.8) is 0 Å². The highest BCUT2D eigenvalue weighted by Crippen LogP contribution is 2.30.